The van der Waals surface area contributed by atoms with Crippen molar-refractivity contribution in [1.29, 1.82) is 0 Å². The molecule has 0 aromatic heterocycles. The van der Waals surface area contributed by atoms with E-state index in [2.05, 4.69) is 46.4 Å². The van der Waals surface area contributed by atoms with E-state index in [1.54, 1.807) is 0 Å². The number of rotatable bonds is 17. The average molecular weight is 335 g/mol. The maximum Gasteiger partial charge on any atom is -0.0326 e. The van der Waals surface area contributed by atoms with Gasteiger partial charge in [-0.15, -0.1) is 6.58 Å². The van der Waals surface area contributed by atoms with Crippen molar-refractivity contribution in [2.75, 3.05) is 0 Å². The van der Waals surface area contributed by atoms with Crippen LogP contribution in [0.25, 0.3) is 0 Å². The lowest BCUT2D eigenvalue weighted by Gasteiger charge is -2.19. The smallest absolute Gasteiger partial charge is 0.0326 e. The highest BCUT2D eigenvalue weighted by atomic mass is 14.2. The second-order valence-corrected chi connectivity index (χ2v) is 8.12. The van der Waals surface area contributed by atoms with Crippen molar-refractivity contribution in [3.05, 3.63) is 24.3 Å². The summed E-state index contributed by atoms with van der Waals surface area (Å²) in [4.78, 5) is 0. The Hall–Kier alpha value is -0.520. The lowest BCUT2D eigenvalue weighted by atomic mass is 9.87. The van der Waals surface area contributed by atoms with E-state index in [0.29, 0.717) is 0 Å². The van der Waals surface area contributed by atoms with Gasteiger partial charge in [-0.1, -0.05) is 89.9 Å². The van der Waals surface area contributed by atoms with Crippen LogP contribution in [0.4, 0.5) is 0 Å². The monoisotopic (exact) mass is 334 g/mol. The van der Waals surface area contributed by atoms with Crippen molar-refractivity contribution < 1.29 is 0 Å². The molecule has 0 aliphatic heterocycles. The van der Waals surface area contributed by atoms with Crippen LogP contribution < -0.4 is 0 Å². The van der Waals surface area contributed by atoms with Gasteiger partial charge in [0.15, 0.2) is 0 Å². The van der Waals surface area contributed by atoms with E-state index < -0.39 is 0 Å². The van der Waals surface area contributed by atoms with Gasteiger partial charge >= 0.3 is 0 Å². The van der Waals surface area contributed by atoms with Gasteiger partial charge in [0.05, 0.1) is 0 Å². The quantitative estimate of drug-likeness (QED) is 0.184. The molecule has 0 radical (unpaired) electrons. The molecule has 0 fully saturated rings. The molecule has 0 bridgehead atoms. The fraction of sp³-hybridized carbons (Fsp3) is 0.833. The molecule has 0 N–H and O–H groups in total. The summed E-state index contributed by atoms with van der Waals surface area (Å²) in [5.41, 5.74) is 1.34. The van der Waals surface area contributed by atoms with Crippen molar-refractivity contribution in [1.82, 2.24) is 0 Å². The molecular formula is C24H46. The van der Waals surface area contributed by atoms with Crippen LogP contribution in [-0.4, -0.2) is 0 Å². The molecule has 0 aromatic carbocycles. The zero-order chi connectivity index (χ0) is 18.0. The Balaban J connectivity index is 3.38. The van der Waals surface area contributed by atoms with Crippen LogP contribution in [0.3, 0.4) is 0 Å². The third-order valence-corrected chi connectivity index (χ3v) is 5.41. The highest BCUT2D eigenvalue weighted by Crippen LogP contribution is 2.22. The minimum Gasteiger partial charge on any atom is -0.100 e. The number of allylic oxidation sites excluding steroid dienone is 3. The lowest BCUT2D eigenvalue weighted by Crippen LogP contribution is -2.07. The Kier molecular flexibility index (Phi) is 16.9. The number of unbranched alkanes of at least 4 members (excludes halogenated alkanes) is 8. The van der Waals surface area contributed by atoms with Gasteiger partial charge in [-0.05, 0) is 57.3 Å². The third-order valence-electron chi connectivity index (χ3n) is 5.41. The molecule has 0 spiro atoms. The van der Waals surface area contributed by atoms with Gasteiger partial charge in [-0.2, -0.15) is 0 Å². The Bertz CT molecular complexity index is 299. The predicted octanol–water partition coefficient (Wildman–Crippen LogP) is 8.87. The Labute approximate surface area is 154 Å². The molecule has 0 heteroatoms. The molecule has 0 saturated heterocycles. The Morgan fingerprint density at radius 2 is 1.33 bits per heavy atom. The van der Waals surface area contributed by atoms with Gasteiger partial charge in [-0.3, -0.25) is 0 Å². The van der Waals surface area contributed by atoms with Crippen molar-refractivity contribution >= 4 is 0 Å². The van der Waals surface area contributed by atoms with Gasteiger partial charge in [-0.25, -0.2) is 0 Å². The SMILES string of the molecule is C=C(C)CCCCCCCCC=CCCC(C)C(C)CCCCC. The van der Waals surface area contributed by atoms with Crippen LogP contribution in [-0.2, 0) is 0 Å². The third kappa shape index (κ3) is 16.3. The summed E-state index contributed by atoms with van der Waals surface area (Å²) < 4.78 is 0. The normalized spacial score (nSPS) is 14.2. The maximum atomic E-state index is 3.97. The highest BCUT2D eigenvalue weighted by Gasteiger charge is 2.10. The summed E-state index contributed by atoms with van der Waals surface area (Å²) >= 11 is 0. The van der Waals surface area contributed by atoms with Gasteiger partial charge in [0.25, 0.3) is 0 Å². The molecule has 0 nitrogen and oxygen atoms in total. The molecule has 0 aliphatic rings. The summed E-state index contributed by atoms with van der Waals surface area (Å²) in [6.07, 6.45) is 23.9. The van der Waals surface area contributed by atoms with E-state index in [4.69, 9.17) is 0 Å². The molecule has 142 valence electrons. The minimum atomic E-state index is 0.880. The first kappa shape index (κ1) is 23.5. The number of hydrogen-bond acceptors (Lipinski definition) is 0. The fourth-order valence-electron chi connectivity index (χ4n) is 3.28. The summed E-state index contributed by atoms with van der Waals surface area (Å²) in [7, 11) is 0. The van der Waals surface area contributed by atoms with E-state index in [9.17, 15) is 0 Å². The maximum absolute atomic E-state index is 3.97. The molecule has 2 unspecified atom stereocenters. The molecule has 0 heterocycles. The van der Waals surface area contributed by atoms with Crippen LogP contribution >= 0.6 is 0 Å². The average Bonchev–Trinajstić information content (AvgIpc) is 2.55. The Morgan fingerprint density at radius 1 is 0.750 bits per heavy atom. The number of hydrogen-bond donors (Lipinski definition) is 0. The van der Waals surface area contributed by atoms with Crippen molar-refractivity contribution in [2.45, 2.75) is 118 Å². The summed E-state index contributed by atoms with van der Waals surface area (Å²) in [5.74, 6) is 1.78. The minimum absolute atomic E-state index is 0.880. The van der Waals surface area contributed by atoms with Crippen molar-refractivity contribution in [2.24, 2.45) is 11.8 Å². The molecular weight excluding hydrogens is 288 g/mol. The van der Waals surface area contributed by atoms with Crippen LogP contribution in [0.2, 0.25) is 0 Å². The first-order valence-corrected chi connectivity index (χ1v) is 10.9. The van der Waals surface area contributed by atoms with Crippen molar-refractivity contribution in [3.8, 4) is 0 Å². The highest BCUT2D eigenvalue weighted by molar-refractivity contribution is 4.87. The molecule has 0 aromatic rings. The van der Waals surface area contributed by atoms with Crippen LogP contribution in [0, 0.1) is 11.8 Å². The van der Waals surface area contributed by atoms with Gasteiger partial charge in [0.1, 0.15) is 0 Å². The predicted molar refractivity (Wildman–Crippen MR) is 113 cm³/mol. The van der Waals surface area contributed by atoms with E-state index in [0.717, 1.165) is 11.8 Å². The van der Waals surface area contributed by atoms with E-state index in [1.807, 2.05) is 0 Å². The van der Waals surface area contributed by atoms with E-state index in [1.165, 1.54) is 95.5 Å². The first-order chi connectivity index (χ1) is 11.6. The van der Waals surface area contributed by atoms with Gasteiger partial charge in [0.2, 0.25) is 0 Å². The summed E-state index contributed by atoms with van der Waals surface area (Å²) in [6, 6.07) is 0. The second-order valence-electron chi connectivity index (χ2n) is 8.12. The van der Waals surface area contributed by atoms with E-state index >= 15 is 0 Å². The zero-order valence-electron chi connectivity index (χ0n) is 17.4. The molecule has 2 atom stereocenters. The molecule has 0 rings (SSSR count). The topological polar surface area (TPSA) is 0 Å². The Morgan fingerprint density at radius 3 is 2.00 bits per heavy atom. The van der Waals surface area contributed by atoms with Gasteiger partial charge < -0.3 is 0 Å². The van der Waals surface area contributed by atoms with E-state index in [-0.39, 0.29) is 0 Å². The van der Waals surface area contributed by atoms with Gasteiger partial charge in [0, 0.05) is 0 Å². The van der Waals surface area contributed by atoms with Crippen LogP contribution in [0.1, 0.15) is 118 Å². The standard InChI is InChI=1S/C24H46/c1-6-7-16-20-23(4)24(5)21-18-15-13-11-9-8-10-12-14-17-19-22(2)3/h13,15,23-24H,2,6-12,14,16-21H2,1,3-5H3. The van der Waals surface area contributed by atoms with Crippen LogP contribution in [0.5, 0.6) is 0 Å². The summed E-state index contributed by atoms with van der Waals surface area (Å²) in [6.45, 7) is 13.3. The second kappa shape index (κ2) is 17.3. The molecule has 24 heavy (non-hydrogen) atoms. The fourth-order valence-corrected chi connectivity index (χ4v) is 3.28. The molecule has 0 amide bonds. The zero-order valence-corrected chi connectivity index (χ0v) is 17.4. The van der Waals surface area contributed by atoms with Crippen LogP contribution in [0.15, 0.2) is 24.3 Å². The molecule has 0 aliphatic carbocycles. The first-order valence-electron chi connectivity index (χ1n) is 10.9. The lowest BCUT2D eigenvalue weighted by molar-refractivity contribution is 0.335. The molecule has 0 saturated carbocycles. The largest absolute Gasteiger partial charge is 0.100 e. The van der Waals surface area contributed by atoms with Crippen molar-refractivity contribution in [3.63, 3.8) is 0 Å². The summed E-state index contributed by atoms with van der Waals surface area (Å²) in [5, 5.41) is 0.